The molecule has 0 bridgehead atoms. The van der Waals surface area contributed by atoms with Crippen molar-refractivity contribution in [1.29, 1.82) is 0 Å². The van der Waals surface area contributed by atoms with Gasteiger partial charge in [-0.1, -0.05) is 6.92 Å². The summed E-state index contributed by atoms with van der Waals surface area (Å²) in [5.74, 6) is 1.03. The van der Waals surface area contributed by atoms with Gasteiger partial charge in [-0.25, -0.2) is 17.8 Å². The molecule has 2 heterocycles. The number of nitrogens with zero attached hydrogens (tertiary/aromatic N) is 2. The van der Waals surface area contributed by atoms with E-state index in [-0.39, 0.29) is 4.90 Å². The maximum Gasteiger partial charge on any atom is 0.262 e. The molecule has 25 heavy (non-hydrogen) atoms. The van der Waals surface area contributed by atoms with Crippen molar-refractivity contribution in [3.63, 3.8) is 0 Å². The second-order valence-corrected chi connectivity index (χ2v) is 8.26. The first-order valence-electron chi connectivity index (χ1n) is 8.35. The van der Waals surface area contributed by atoms with Crippen LogP contribution in [0.3, 0.4) is 0 Å². The maximum absolute atomic E-state index is 13.2. The number of pyridine rings is 1. The summed E-state index contributed by atoms with van der Waals surface area (Å²) < 4.78 is 40.7. The molecule has 134 valence electrons. The molecule has 1 fully saturated rings. The summed E-state index contributed by atoms with van der Waals surface area (Å²) in [4.78, 5) is 6.67. The summed E-state index contributed by atoms with van der Waals surface area (Å²) in [7, 11) is -3.78. The van der Waals surface area contributed by atoms with E-state index in [1.54, 1.807) is 13.0 Å². The van der Waals surface area contributed by atoms with Crippen LogP contribution in [-0.2, 0) is 10.0 Å². The van der Waals surface area contributed by atoms with Crippen LogP contribution in [-0.4, -0.2) is 26.5 Å². The van der Waals surface area contributed by atoms with Crippen molar-refractivity contribution in [3.8, 4) is 0 Å². The third kappa shape index (κ3) is 4.10. The number of halogens is 1. The van der Waals surface area contributed by atoms with Crippen molar-refractivity contribution in [2.45, 2.75) is 31.6 Å². The molecule has 1 N–H and O–H groups in total. The Morgan fingerprint density at radius 1 is 1.28 bits per heavy atom. The minimum atomic E-state index is -3.78. The van der Waals surface area contributed by atoms with Crippen molar-refractivity contribution < 1.29 is 12.8 Å². The quantitative estimate of drug-likeness (QED) is 0.902. The molecule has 0 aliphatic carbocycles. The smallest absolute Gasteiger partial charge is 0.262 e. The summed E-state index contributed by atoms with van der Waals surface area (Å²) in [6.07, 6.45) is 3.89. The summed E-state index contributed by atoms with van der Waals surface area (Å²) in [6, 6.07) is 7.14. The number of hydrogen-bond acceptors (Lipinski definition) is 4. The summed E-state index contributed by atoms with van der Waals surface area (Å²) in [5, 5.41) is 0. The molecule has 1 aliphatic rings. The SMILES string of the molecule is Cc1cc(F)ccc1S(=O)(=O)Nc1ccc(N2CCCC(C)C2)nc1. The number of hydrogen-bond donors (Lipinski definition) is 1. The van der Waals surface area contributed by atoms with Gasteiger partial charge in [-0.05, 0) is 61.6 Å². The van der Waals surface area contributed by atoms with E-state index in [9.17, 15) is 12.8 Å². The minimum Gasteiger partial charge on any atom is -0.356 e. The predicted molar refractivity (Wildman–Crippen MR) is 96.8 cm³/mol. The van der Waals surface area contributed by atoms with Crippen LogP contribution in [0.5, 0.6) is 0 Å². The van der Waals surface area contributed by atoms with E-state index in [1.165, 1.54) is 24.8 Å². The Bertz CT molecular complexity index is 853. The van der Waals surface area contributed by atoms with Gasteiger partial charge in [-0.15, -0.1) is 0 Å². The zero-order chi connectivity index (χ0) is 18.0. The zero-order valence-corrected chi connectivity index (χ0v) is 15.2. The molecule has 1 saturated heterocycles. The molecule has 3 rings (SSSR count). The lowest BCUT2D eigenvalue weighted by atomic mass is 10.0. The largest absolute Gasteiger partial charge is 0.356 e. The Kier molecular flexibility index (Phi) is 4.94. The van der Waals surface area contributed by atoms with Gasteiger partial charge in [0, 0.05) is 13.1 Å². The van der Waals surface area contributed by atoms with Gasteiger partial charge in [-0.2, -0.15) is 0 Å². The Morgan fingerprint density at radius 2 is 2.08 bits per heavy atom. The van der Waals surface area contributed by atoms with Gasteiger partial charge in [-0.3, -0.25) is 4.72 Å². The average molecular weight is 363 g/mol. The van der Waals surface area contributed by atoms with Gasteiger partial charge in [0.25, 0.3) is 10.0 Å². The molecule has 1 atom stereocenters. The van der Waals surface area contributed by atoms with Crippen LogP contribution in [0.15, 0.2) is 41.4 Å². The van der Waals surface area contributed by atoms with E-state index in [2.05, 4.69) is 21.5 Å². The van der Waals surface area contributed by atoms with Crippen molar-refractivity contribution in [2.75, 3.05) is 22.7 Å². The number of piperidine rings is 1. The monoisotopic (exact) mass is 363 g/mol. The van der Waals surface area contributed by atoms with Gasteiger partial charge in [0.15, 0.2) is 0 Å². The number of aromatic nitrogens is 1. The first kappa shape index (κ1) is 17.7. The van der Waals surface area contributed by atoms with Gasteiger partial charge in [0.2, 0.25) is 0 Å². The van der Waals surface area contributed by atoms with Gasteiger partial charge in [0.1, 0.15) is 11.6 Å². The van der Waals surface area contributed by atoms with Gasteiger partial charge in [0.05, 0.1) is 16.8 Å². The Morgan fingerprint density at radius 3 is 2.72 bits per heavy atom. The van der Waals surface area contributed by atoms with Crippen LogP contribution in [0.1, 0.15) is 25.3 Å². The van der Waals surface area contributed by atoms with E-state index < -0.39 is 15.8 Å². The van der Waals surface area contributed by atoms with Crippen LogP contribution in [0.4, 0.5) is 15.9 Å². The summed E-state index contributed by atoms with van der Waals surface area (Å²) >= 11 is 0. The highest BCUT2D eigenvalue weighted by molar-refractivity contribution is 7.92. The van der Waals surface area contributed by atoms with Crippen LogP contribution < -0.4 is 9.62 Å². The number of sulfonamides is 1. The van der Waals surface area contributed by atoms with E-state index in [0.717, 1.165) is 31.4 Å². The Labute approximate surface area is 147 Å². The molecule has 0 amide bonds. The fourth-order valence-electron chi connectivity index (χ4n) is 3.16. The fourth-order valence-corrected chi connectivity index (χ4v) is 4.43. The number of rotatable bonds is 4. The lowest BCUT2D eigenvalue weighted by molar-refractivity contribution is 0.444. The first-order chi connectivity index (χ1) is 11.8. The van der Waals surface area contributed by atoms with Crippen LogP contribution in [0.2, 0.25) is 0 Å². The van der Waals surface area contributed by atoms with Crippen molar-refractivity contribution >= 4 is 21.5 Å². The molecule has 0 spiro atoms. The molecule has 0 radical (unpaired) electrons. The highest BCUT2D eigenvalue weighted by Gasteiger charge is 2.19. The van der Waals surface area contributed by atoms with Crippen molar-refractivity contribution in [2.24, 2.45) is 5.92 Å². The van der Waals surface area contributed by atoms with Crippen molar-refractivity contribution in [1.82, 2.24) is 4.98 Å². The lowest BCUT2D eigenvalue weighted by Crippen LogP contribution is -2.34. The Balaban J connectivity index is 1.76. The lowest BCUT2D eigenvalue weighted by Gasteiger charge is -2.31. The number of anilines is 2. The highest BCUT2D eigenvalue weighted by atomic mass is 32.2. The molecule has 2 aromatic rings. The zero-order valence-electron chi connectivity index (χ0n) is 14.4. The van der Waals surface area contributed by atoms with Crippen LogP contribution in [0.25, 0.3) is 0 Å². The summed E-state index contributed by atoms with van der Waals surface area (Å²) in [5.41, 5.74) is 0.747. The second kappa shape index (κ2) is 7.00. The molecular formula is C18H22FN3O2S. The third-order valence-electron chi connectivity index (χ3n) is 4.41. The van der Waals surface area contributed by atoms with Crippen LogP contribution in [0, 0.1) is 18.7 Å². The number of benzene rings is 1. The van der Waals surface area contributed by atoms with Gasteiger partial charge >= 0.3 is 0 Å². The van der Waals surface area contributed by atoms with E-state index >= 15 is 0 Å². The van der Waals surface area contributed by atoms with E-state index in [0.29, 0.717) is 17.2 Å². The fraction of sp³-hybridized carbons (Fsp3) is 0.389. The van der Waals surface area contributed by atoms with Crippen molar-refractivity contribution in [3.05, 3.63) is 47.9 Å². The first-order valence-corrected chi connectivity index (χ1v) is 9.83. The van der Waals surface area contributed by atoms with E-state index in [4.69, 9.17) is 0 Å². The minimum absolute atomic E-state index is 0.0582. The molecule has 5 nitrogen and oxygen atoms in total. The molecule has 1 aromatic carbocycles. The standard InChI is InChI=1S/C18H22FN3O2S/c1-13-4-3-9-22(12-13)18-8-6-16(11-20-18)21-25(23,24)17-7-5-15(19)10-14(17)2/h5-8,10-11,13,21H,3-4,9,12H2,1-2H3. The molecule has 1 unspecified atom stereocenters. The third-order valence-corrected chi connectivity index (χ3v) is 5.95. The van der Waals surface area contributed by atoms with Crippen LogP contribution >= 0.6 is 0 Å². The topological polar surface area (TPSA) is 62.3 Å². The number of nitrogens with one attached hydrogen (secondary N) is 1. The predicted octanol–water partition coefficient (Wildman–Crippen LogP) is 3.57. The Hall–Kier alpha value is -2.15. The number of aryl methyl sites for hydroxylation is 1. The summed E-state index contributed by atoms with van der Waals surface area (Å²) in [6.45, 7) is 5.72. The highest BCUT2D eigenvalue weighted by Crippen LogP contribution is 2.24. The normalized spacial score (nSPS) is 18.2. The maximum atomic E-state index is 13.2. The molecule has 0 saturated carbocycles. The molecule has 1 aromatic heterocycles. The molecule has 1 aliphatic heterocycles. The van der Waals surface area contributed by atoms with Gasteiger partial charge < -0.3 is 4.90 Å². The average Bonchev–Trinajstić information content (AvgIpc) is 2.54. The second-order valence-electron chi connectivity index (χ2n) is 6.61. The van der Waals surface area contributed by atoms with E-state index in [1.807, 2.05) is 6.07 Å². The molecule has 7 heteroatoms. The molecular weight excluding hydrogens is 341 g/mol.